The van der Waals surface area contributed by atoms with Crippen molar-refractivity contribution in [3.63, 3.8) is 0 Å². The fourth-order valence-electron chi connectivity index (χ4n) is 5.73. The van der Waals surface area contributed by atoms with Crippen LogP contribution in [0.1, 0.15) is 43.2 Å². The van der Waals surface area contributed by atoms with Crippen LogP contribution >= 0.6 is 0 Å². The molecule has 1 aliphatic carbocycles. The molecule has 1 heterocycles. The predicted octanol–water partition coefficient (Wildman–Crippen LogP) is 5.17. The van der Waals surface area contributed by atoms with E-state index in [0.717, 1.165) is 12.8 Å². The molecule has 0 spiro atoms. The molecule has 0 unspecified atom stereocenters. The number of hydrogen-bond donors (Lipinski definition) is 1. The maximum atomic E-state index is 7.10. The Balaban J connectivity index is 1.54. The Bertz CT molecular complexity index is 899. The lowest BCUT2D eigenvalue weighted by atomic mass is 9.71. The summed E-state index contributed by atoms with van der Waals surface area (Å²) in [5.74, 6) is 0.662. The summed E-state index contributed by atoms with van der Waals surface area (Å²) >= 11 is 0. The Labute approximate surface area is 187 Å². The van der Waals surface area contributed by atoms with Crippen LogP contribution in [0.3, 0.4) is 0 Å². The maximum absolute atomic E-state index is 7.10. The zero-order valence-electron chi connectivity index (χ0n) is 18.3. The number of hydrogen-bond acceptors (Lipinski definition) is 2. The molecule has 2 aliphatic rings. The van der Waals surface area contributed by atoms with Gasteiger partial charge in [0.2, 0.25) is 0 Å². The molecule has 5 rings (SSSR count). The highest BCUT2D eigenvalue weighted by Gasteiger charge is 2.52. The van der Waals surface area contributed by atoms with Crippen LogP contribution in [0, 0.1) is 5.92 Å². The average Bonchev–Trinajstić information content (AvgIpc) is 3.20. The van der Waals surface area contributed by atoms with Crippen molar-refractivity contribution in [3.05, 3.63) is 102 Å². The topological polar surface area (TPSA) is 21.3 Å². The summed E-state index contributed by atoms with van der Waals surface area (Å²) in [6.07, 6.45) is 8.51. The summed E-state index contributed by atoms with van der Waals surface area (Å²) in [6.45, 7) is 0. The molecule has 3 aromatic carbocycles. The summed E-state index contributed by atoms with van der Waals surface area (Å²) in [5.41, 5.74) is 3.68. The fraction of sp³-hybridized carbons (Fsp3) is 0.357. The molecular weight excluding hydrogens is 377 g/mol. The Hall–Kier alpha value is -2.36. The van der Waals surface area contributed by atoms with Gasteiger partial charge in [-0.1, -0.05) is 110 Å². The molecule has 0 radical (unpaired) electrons. The van der Waals surface area contributed by atoms with Gasteiger partial charge in [0.05, 0.1) is 5.60 Å². The molecule has 3 heteroatoms. The zero-order chi connectivity index (χ0) is 20.9. The van der Waals surface area contributed by atoms with Crippen LogP contribution in [0.2, 0.25) is 0 Å². The van der Waals surface area contributed by atoms with Gasteiger partial charge in [0.15, 0.2) is 0 Å². The maximum Gasteiger partial charge on any atom is 0.416 e. The minimum atomic E-state index is -0.259. The SMILES string of the molecule is c1ccc(CC2(Cc3ccccc3)OB(c3ccccc3)N[C@@H]2C2CCCCC2)cc1. The number of benzene rings is 3. The summed E-state index contributed by atoms with van der Waals surface area (Å²) in [6, 6.07) is 32.9. The first-order valence-corrected chi connectivity index (χ1v) is 11.9. The Morgan fingerprint density at radius 1 is 0.710 bits per heavy atom. The molecule has 1 saturated heterocycles. The van der Waals surface area contributed by atoms with Crippen molar-refractivity contribution in [2.45, 2.75) is 56.6 Å². The lowest BCUT2D eigenvalue weighted by molar-refractivity contribution is 0.0417. The smallest absolute Gasteiger partial charge is 0.410 e. The van der Waals surface area contributed by atoms with E-state index in [2.05, 4.69) is 96.2 Å². The van der Waals surface area contributed by atoms with Gasteiger partial charge >= 0.3 is 7.05 Å². The molecule has 158 valence electrons. The molecule has 3 aromatic rings. The monoisotopic (exact) mass is 409 g/mol. The normalized spacial score (nSPS) is 21.3. The molecule has 1 saturated carbocycles. The van der Waals surface area contributed by atoms with Crippen molar-refractivity contribution in [3.8, 4) is 0 Å². The van der Waals surface area contributed by atoms with Crippen molar-refractivity contribution in [1.29, 1.82) is 0 Å². The Morgan fingerprint density at radius 2 is 1.23 bits per heavy atom. The van der Waals surface area contributed by atoms with E-state index in [1.807, 2.05) is 0 Å². The van der Waals surface area contributed by atoms with Gasteiger partial charge in [0, 0.05) is 18.9 Å². The highest BCUT2D eigenvalue weighted by molar-refractivity contribution is 6.65. The average molecular weight is 409 g/mol. The standard InChI is InChI=1S/C28H32BNO/c1-5-13-23(14-6-1)21-28(22-24-15-7-2-8-16-24)27(25-17-9-3-10-18-25)30-29(31-28)26-19-11-4-12-20-26/h1-2,4-8,11-16,19-20,25,27,30H,3,9-10,17-18,21-22H2/t27-/m1/s1. The van der Waals surface area contributed by atoms with E-state index in [1.165, 1.54) is 48.7 Å². The lowest BCUT2D eigenvalue weighted by Gasteiger charge is -2.41. The first-order chi connectivity index (χ1) is 15.3. The van der Waals surface area contributed by atoms with Gasteiger partial charge in [-0.2, -0.15) is 0 Å². The van der Waals surface area contributed by atoms with Crippen molar-refractivity contribution in [2.75, 3.05) is 0 Å². The first kappa shape index (κ1) is 20.5. The second-order valence-electron chi connectivity index (χ2n) is 9.34. The van der Waals surface area contributed by atoms with E-state index in [4.69, 9.17) is 4.65 Å². The Kier molecular flexibility index (Phi) is 6.24. The second-order valence-corrected chi connectivity index (χ2v) is 9.34. The van der Waals surface area contributed by atoms with Gasteiger partial charge in [0.25, 0.3) is 0 Å². The van der Waals surface area contributed by atoms with Crippen LogP contribution in [-0.4, -0.2) is 18.7 Å². The fourth-order valence-corrected chi connectivity index (χ4v) is 5.73. The molecule has 1 aliphatic heterocycles. The number of nitrogens with one attached hydrogen (secondary N) is 1. The second kappa shape index (κ2) is 9.42. The van der Waals surface area contributed by atoms with E-state index in [-0.39, 0.29) is 12.7 Å². The van der Waals surface area contributed by atoms with Gasteiger partial charge in [-0.25, -0.2) is 0 Å². The highest BCUT2D eigenvalue weighted by atomic mass is 16.5. The quantitative estimate of drug-likeness (QED) is 0.567. The molecule has 0 bridgehead atoms. The van der Waals surface area contributed by atoms with E-state index < -0.39 is 0 Å². The van der Waals surface area contributed by atoms with E-state index in [0.29, 0.717) is 12.0 Å². The van der Waals surface area contributed by atoms with E-state index in [9.17, 15) is 0 Å². The molecule has 2 fully saturated rings. The molecule has 1 atom stereocenters. The van der Waals surface area contributed by atoms with Gasteiger partial charge in [-0.05, 0) is 35.3 Å². The first-order valence-electron chi connectivity index (χ1n) is 11.9. The van der Waals surface area contributed by atoms with Gasteiger partial charge in [0.1, 0.15) is 0 Å². The number of rotatable bonds is 6. The van der Waals surface area contributed by atoms with Crippen LogP contribution in [-0.2, 0) is 17.5 Å². The largest absolute Gasteiger partial charge is 0.416 e. The van der Waals surface area contributed by atoms with E-state index >= 15 is 0 Å². The summed E-state index contributed by atoms with van der Waals surface area (Å²) in [7, 11) is -0.0550. The van der Waals surface area contributed by atoms with E-state index in [1.54, 1.807) is 0 Å². The Morgan fingerprint density at radius 3 is 1.77 bits per heavy atom. The van der Waals surface area contributed by atoms with Crippen LogP contribution < -0.4 is 10.7 Å². The molecule has 2 nitrogen and oxygen atoms in total. The molecule has 0 amide bonds. The molecule has 0 aromatic heterocycles. The third-order valence-electron chi connectivity index (χ3n) is 7.17. The van der Waals surface area contributed by atoms with Gasteiger partial charge < -0.3 is 9.88 Å². The van der Waals surface area contributed by atoms with Crippen molar-refractivity contribution >= 4 is 12.5 Å². The minimum absolute atomic E-state index is 0.0550. The van der Waals surface area contributed by atoms with Crippen molar-refractivity contribution in [1.82, 2.24) is 5.23 Å². The summed E-state index contributed by atoms with van der Waals surface area (Å²) < 4.78 is 7.10. The van der Waals surface area contributed by atoms with Gasteiger partial charge in [-0.15, -0.1) is 0 Å². The van der Waals surface area contributed by atoms with Gasteiger partial charge in [-0.3, -0.25) is 0 Å². The van der Waals surface area contributed by atoms with Crippen LogP contribution in [0.5, 0.6) is 0 Å². The third kappa shape index (κ3) is 4.63. The van der Waals surface area contributed by atoms with Crippen LogP contribution in [0.25, 0.3) is 0 Å². The summed E-state index contributed by atoms with van der Waals surface area (Å²) in [4.78, 5) is 0. The predicted molar refractivity (Wildman–Crippen MR) is 129 cm³/mol. The summed E-state index contributed by atoms with van der Waals surface area (Å²) in [5, 5.41) is 3.99. The van der Waals surface area contributed by atoms with Crippen molar-refractivity contribution < 1.29 is 4.65 Å². The molecular formula is C28H32BNO. The van der Waals surface area contributed by atoms with Crippen molar-refractivity contribution in [2.24, 2.45) is 5.92 Å². The van der Waals surface area contributed by atoms with Crippen LogP contribution in [0.15, 0.2) is 91.0 Å². The van der Waals surface area contributed by atoms with Crippen LogP contribution in [0.4, 0.5) is 0 Å². The molecule has 31 heavy (non-hydrogen) atoms. The molecule has 1 N–H and O–H groups in total. The zero-order valence-corrected chi connectivity index (χ0v) is 18.3. The highest BCUT2D eigenvalue weighted by Crippen LogP contribution is 2.40. The lowest BCUT2D eigenvalue weighted by Crippen LogP contribution is -2.52. The minimum Gasteiger partial charge on any atom is -0.410 e. The third-order valence-corrected chi connectivity index (χ3v) is 7.17.